The van der Waals surface area contributed by atoms with Gasteiger partial charge in [0.05, 0.1) is 6.04 Å². The molecule has 0 radical (unpaired) electrons. The van der Waals surface area contributed by atoms with Crippen LogP contribution in [0.1, 0.15) is 26.2 Å². The number of hydrogen-bond donors (Lipinski definition) is 1. The largest absolute Gasteiger partial charge is 0.329 e. The van der Waals surface area contributed by atoms with Crippen LogP contribution in [-0.4, -0.2) is 48.0 Å². The van der Waals surface area contributed by atoms with E-state index in [0.29, 0.717) is 18.5 Å². The molecule has 2 heterocycles. The van der Waals surface area contributed by atoms with E-state index in [4.69, 9.17) is 5.73 Å². The summed E-state index contributed by atoms with van der Waals surface area (Å²) in [5.41, 5.74) is 5.78. The zero-order chi connectivity index (χ0) is 10.8. The summed E-state index contributed by atoms with van der Waals surface area (Å²) in [6.45, 7) is 5.04. The summed E-state index contributed by atoms with van der Waals surface area (Å²) < 4.78 is 0. The van der Waals surface area contributed by atoms with Crippen molar-refractivity contribution >= 4 is 6.29 Å². The quantitative estimate of drug-likeness (QED) is 0.679. The molecule has 0 aromatic rings. The molecule has 0 aliphatic carbocycles. The van der Waals surface area contributed by atoms with Crippen LogP contribution in [0.25, 0.3) is 0 Å². The van der Waals surface area contributed by atoms with Crippen molar-refractivity contribution in [1.82, 2.24) is 10.0 Å². The molecule has 2 aliphatic heterocycles. The Morgan fingerprint density at radius 3 is 2.93 bits per heavy atom. The van der Waals surface area contributed by atoms with Crippen molar-refractivity contribution in [2.24, 2.45) is 11.7 Å². The summed E-state index contributed by atoms with van der Waals surface area (Å²) >= 11 is 0. The SMILES string of the molecule is C[C@@H]1C[C@@H](CN)N(N2CCC[C@H]2C=O)C1. The monoisotopic (exact) mass is 211 g/mol. The van der Waals surface area contributed by atoms with Crippen LogP contribution in [0.4, 0.5) is 0 Å². The smallest absolute Gasteiger partial charge is 0.138 e. The molecule has 0 amide bonds. The van der Waals surface area contributed by atoms with E-state index in [-0.39, 0.29) is 6.04 Å². The standard InChI is InChI=1S/C11H21N3O/c1-9-5-11(6-12)14(7-9)13-4-2-3-10(13)8-15/h8-11H,2-7,12H2,1H3/t9-,10+,11+/m1/s1. The van der Waals surface area contributed by atoms with E-state index in [1.807, 2.05) is 0 Å². The molecular formula is C11H21N3O. The predicted molar refractivity (Wildman–Crippen MR) is 59.1 cm³/mol. The van der Waals surface area contributed by atoms with E-state index < -0.39 is 0 Å². The topological polar surface area (TPSA) is 49.6 Å². The van der Waals surface area contributed by atoms with Crippen LogP contribution in [0.3, 0.4) is 0 Å². The fourth-order valence-corrected chi connectivity index (χ4v) is 2.90. The van der Waals surface area contributed by atoms with Gasteiger partial charge in [-0.2, -0.15) is 0 Å². The first-order valence-electron chi connectivity index (χ1n) is 5.94. The maximum absolute atomic E-state index is 11.0. The van der Waals surface area contributed by atoms with Crippen LogP contribution in [-0.2, 0) is 4.79 Å². The Balaban J connectivity index is 2.05. The van der Waals surface area contributed by atoms with Crippen LogP contribution in [0.15, 0.2) is 0 Å². The van der Waals surface area contributed by atoms with Crippen molar-refractivity contribution in [1.29, 1.82) is 0 Å². The third kappa shape index (κ3) is 2.07. The van der Waals surface area contributed by atoms with Crippen molar-refractivity contribution < 1.29 is 4.79 Å². The molecule has 2 aliphatic rings. The average molecular weight is 211 g/mol. The Hall–Kier alpha value is -0.450. The number of carbonyl (C=O) groups excluding carboxylic acids is 1. The maximum Gasteiger partial charge on any atom is 0.138 e. The van der Waals surface area contributed by atoms with Gasteiger partial charge in [-0.1, -0.05) is 6.92 Å². The van der Waals surface area contributed by atoms with Gasteiger partial charge in [-0.05, 0) is 25.2 Å². The molecular weight excluding hydrogens is 190 g/mol. The molecule has 0 unspecified atom stereocenters. The lowest BCUT2D eigenvalue weighted by atomic mass is 10.1. The highest BCUT2D eigenvalue weighted by Crippen LogP contribution is 2.28. The van der Waals surface area contributed by atoms with E-state index in [9.17, 15) is 4.79 Å². The number of hydrogen-bond acceptors (Lipinski definition) is 4. The Kier molecular flexibility index (Phi) is 3.38. The summed E-state index contributed by atoms with van der Waals surface area (Å²) in [6.07, 6.45) is 4.39. The highest BCUT2D eigenvalue weighted by atomic mass is 16.1. The third-order valence-corrected chi connectivity index (χ3v) is 3.62. The molecule has 2 fully saturated rings. The summed E-state index contributed by atoms with van der Waals surface area (Å²) in [7, 11) is 0. The van der Waals surface area contributed by atoms with Crippen LogP contribution in [0.2, 0.25) is 0 Å². The van der Waals surface area contributed by atoms with Crippen LogP contribution in [0.5, 0.6) is 0 Å². The van der Waals surface area contributed by atoms with E-state index in [2.05, 4.69) is 16.9 Å². The second kappa shape index (κ2) is 4.60. The van der Waals surface area contributed by atoms with Crippen molar-refractivity contribution in [2.45, 2.75) is 38.3 Å². The third-order valence-electron chi connectivity index (χ3n) is 3.62. The molecule has 15 heavy (non-hydrogen) atoms. The molecule has 0 aromatic carbocycles. The lowest BCUT2D eigenvalue weighted by Crippen LogP contribution is -2.50. The van der Waals surface area contributed by atoms with Crippen LogP contribution in [0, 0.1) is 5.92 Å². The van der Waals surface area contributed by atoms with E-state index in [1.54, 1.807) is 0 Å². The molecule has 86 valence electrons. The number of nitrogens with two attached hydrogens (primary N) is 1. The highest BCUT2D eigenvalue weighted by Gasteiger charge is 2.37. The van der Waals surface area contributed by atoms with E-state index >= 15 is 0 Å². The number of hydrazine groups is 1. The van der Waals surface area contributed by atoms with Crippen LogP contribution < -0.4 is 5.73 Å². The summed E-state index contributed by atoms with van der Waals surface area (Å²) in [5, 5.41) is 4.59. The van der Waals surface area contributed by atoms with Crippen molar-refractivity contribution in [3.8, 4) is 0 Å². The van der Waals surface area contributed by atoms with Gasteiger partial charge in [-0.3, -0.25) is 0 Å². The number of nitrogens with zero attached hydrogens (tertiary/aromatic N) is 2. The highest BCUT2D eigenvalue weighted by molar-refractivity contribution is 5.57. The molecule has 0 aromatic heterocycles. The Morgan fingerprint density at radius 1 is 1.47 bits per heavy atom. The first kappa shape index (κ1) is 11.0. The minimum Gasteiger partial charge on any atom is -0.329 e. The summed E-state index contributed by atoms with van der Waals surface area (Å²) in [5.74, 6) is 0.700. The summed E-state index contributed by atoms with van der Waals surface area (Å²) in [4.78, 5) is 11.0. The van der Waals surface area contributed by atoms with Gasteiger partial charge >= 0.3 is 0 Å². The number of carbonyl (C=O) groups is 1. The van der Waals surface area contributed by atoms with Gasteiger partial charge in [-0.15, -0.1) is 0 Å². The van der Waals surface area contributed by atoms with Gasteiger partial charge in [0.15, 0.2) is 0 Å². The zero-order valence-corrected chi connectivity index (χ0v) is 9.43. The fourth-order valence-electron chi connectivity index (χ4n) is 2.90. The minimum absolute atomic E-state index is 0.101. The molecule has 2 N–H and O–H groups in total. The predicted octanol–water partition coefficient (Wildman–Crippen LogP) is 0.234. The van der Waals surface area contributed by atoms with Gasteiger partial charge in [0.2, 0.25) is 0 Å². The lowest BCUT2D eigenvalue weighted by molar-refractivity contribution is -0.120. The minimum atomic E-state index is 0.101. The molecule has 3 atom stereocenters. The maximum atomic E-state index is 11.0. The number of rotatable bonds is 3. The van der Waals surface area contributed by atoms with Crippen molar-refractivity contribution in [3.63, 3.8) is 0 Å². The van der Waals surface area contributed by atoms with Gasteiger partial charge in [0.25, 0.3) is 0 Å². The van der Waals surface area contributed by atoms with Crippen molar-refractivity contribution in [3.05, 3.63) is 0 Å². The van der Waals surface area contributed by atoms with Gasteiger partial charge in [0.1, 0.15) is 6.29 Å². The second-order valence-electron chi connectivity index (χ2n) is 4.86. The van der Waals surface area contributed by atoms with E-state index in [0.717, 1.165) is 32.2 Å². The molecule has 0 spiro atoms. The normalized spacial score (nSPS) is 38.7. The summed E-state index contributed by atoms with van der Waals surface area (Å²) in [6, 6.07) is 0.546. The Labute approximate surface area is 91.4 Å². The molecule has 2 saturated heterocycles. The van der Waals surface area contributed by atoms with Gasteiger partial charge in [-0.25, -0.2) is 10.0 Å². The Morgan fingerprint density at radius 2 is 2.27 bits per heavy atom. The number of aldehydes is 1. The Bertz CT molecular complexity index is 234. The molecule has 4 heteroatoms. The second-order valence-corrected chi connectivity index (χ2v) is 4.86. The molecule has 2 rings (SSSR count). The fraction of sp³-hybridized carbons (Fsp3) is 0.909. The van der Waals surface area contributed by atoms with Crippen LogP contribution >= 0.6 is 0 Å². The first-order chi connectivity index (χ1) is 7.26. The van der Waals surface area contributed by atoms with Gasteiger partial charge < -0.3 is 10.5 Å². The van der Waals surface area contributed by atoms with E-state index in [1.165, 1.54) is 6.42 Å². The molecule has 4 nitrogen and oxygen atoms in total. The van der Waals surface area contributed by atoms with Gasteiger partial charge in [0, 0.05) is 25.7 Å². The molecule has 0 saturated carbocycles. The molecule has 0 bridgehead atoms. The first-order valence-corrected chi connectivity index (χ1v) is 5.94. The average Bonchev–Trinajstić information content (AvgIpc) is 2.82. The van der Waals surface area contributed by atoms with Crippen molar-refractivity contribution in [2.75, 3.05) is 19.6 Å². The lowest BCUT2D eigenvalue weighted by Gasteiger charge is -2.35. The zero-order valence-electron chi connectivity index (χ0n) is 9.43.